The second kappa shape index (κ2) is 10.3. The van der Waals surface area contributed by atoms with Crippen molar-refractivity contribution in [2.75, 3.05) is 5.32 Å². The Morgan fingerprint density at radius 2 is 1.46 bits per heavy atom. The number of carbonyl (C=O) groups excluding carboxylic acids is 2. The van der Waals surface area contributed by atoms with Crippen molar-refractivity contribution >= 4 is 29.3 Å². The van der Waals surface area contributed by atoms with Crippen LogP contribution in [0.3, 0.4) is 0 Å². The molecule has 0 spiro atoms. The fraction of sp³-hybridized carbons (Fsp3) is 0.214. The Labute approximate surface area is 205 Å². The first-order chi connectivity index (χ1) is 16.4. The zero-order chi connectivity index (χ0) is 25.8. The number of nitrogens with zero attached hydrogens (tertiary/aromatic N) is 1. The smallest absolute Gasteiger partial charge is 0.272 e. The summed E-state index contributed by atoms with van der Waals surface area (Å²) in [6.07, 6.45) is 1.49. The molecule has 0 saturated heterocycles. The number of nitro groups is 1. The van der Waals surface area contributed by atoms with E-state index in [1.165, 1.54) is 30.3 Å². The fourth-order valence-electron chi connectivity index (χ4n) is 3.58. The summed E-state index contributed by atoms with van der Waals surface area (Å²) in [6, 6.07) is 18.6. The number of rotatable bonds is 6. The molecule has 3 aromatic carbocycles. The number of amides is 2. The van der Waals surface area contributed by atoms with Gasteiger partial charge in [-0.05, 0) is 84.0 Å². The van der Waals surface area contributed by atoms with Crippen LogP contribution in [0.25, 0.3) is 6.08 Å². The molecule has 0 aliphatic carbocycles. The second-order valence-electron chi connectivity index (χ2n) is 9.52. The maximum atomic E-state index is 13.2. The Bertz CT molecular complexity index is 1270. The van der Waals surface area contributed by atoms with Crippen molar-refractivity contribution in [3.63, 3.8) is 0 Å². The van der Waals surface area contributed by atoms with Crippen molar-refractivity contribution in [3.05, 3.63) is 110 Å². The molecular formula is C28H29N3O4. The highest BCUT2D eigenvalue weighted by Gasteiger charge is 2.18. The first-order valence-corrected chi connectivity index (χ1v) is 11.2. The molecule has 0 aliphatic heterocycles. The van der Waals surface area contributed by atoms with Crippen LogP contribution in [0.1, 0.15) is 53.4 Å². The van der Waals surface area contributed by atoms with E-state index in [1.807, 2.05) is 44.2 Å². The molecule has 0 aliphatic rings. The highest BCUT2D eigenvalue weighted by Crippen LogP contribution is 2.22. The molecule has 0 fully saturated rings. The van der Waals surface area contributed by atoms with E-state index in [4.69, 9.17) is 0 Å². The number of non-ortho nitro benzene ring substituents is 1. The number of hydrogen-bond donors (Lipinski definition) is 2. The Morgan fingerprint density at radius 3 is 1.97 bits per heavy atom. The van der Waals surface area contributed by atoms with Crippen LogP contribution in [-0.2, 0) is 10.2 Å². The van der Waals surface area contributed by atoms with Crippen LogP contribution in [0.5, 0.6) is 0 Å². The van der Waals surface area contributed by atoms with Crippen molar-refractivity contribution in [2.45, 2.75) is 40.0 Å². The van der Waals surface area contributed by atoms with Gasteiger partial charge in [-0.25, -0.2) is 0 Å². The van der Waals surface area contributed by atoms with Crippen molar-refractivity contribution in [1.29, 1.82) is 0 Å². The summed E-state index contributed by atoms with van der Waals surface area (Å²) in [4.78, 5) is 36.6. The Morgan fingerprint density at radius 1 is 0.886 bits per heavy atom. The molecule has 0 unspecified atom stereocenters. The lowest BCUT2D eigenvalue weighted by molar-refractivity contribution is -0.384. The van der Waals surface area contributed by atoms with Crippen LogP contribution in [0.15, 0.2) is 72.4 Å². The van der Waals surface area contributed by atoms with Gasteiger partial charge in [-0.2, -0.15) is 0 Å². The van der Waals surface area contributed by atoms with Gasteiger partial charge in [-0.3, -0.25) is 19.7 Å². The van der Waals surface area contributed by atoms with E-state index in [9.17, 15) is 19.7 Å². The minimum absolute atomic E-state index is 0.0166. The van der Waals surface area contributed by atoms with E-state index in [0.717, 1.165) is 16.7 Å². The van der Waals surface area contributed by atoms with Crippen molar-refractivity contribution in [3.8, 4) is 0 Å². The van der Waals surface area contributed by atoms with E-state index in [2.05, 4.69) is 31.4 Å². The zero-order valence-electron chi connectivity index (χ0n) is 20.5. The number of benzene rings is 3. The minimum atomic E-state index is -0.506. The standard InChI is InChI=1S/C28H29N3O4/c1-18-14-19(2)16-23(15-18)29-27(33)25(17-20-6-12-24(13-7-20)31(34)35)30-26(32)21-8-10-22(11-9-21)28(3,4)5/h6-17H,1-5H3,(H,29,33)(H,30,32)/b25-17-. The number of nitrogens with one attached hydrogen (secondary N) is 2. The summed E-state index contributed by atoms with van der Waals surface area (Å²) < 4.78 is 0. The summed E-state index contributed by atoms with van der Waals surface area (Å²) >= 11 is 0. The second-order valence-corrected chi connectivity index (χ2v) is 9.52. The zero-order valence-corrected chi connectivity index (χ0v) is 20.5. The third-order valence-corrected chi connectivity index (χ3v) is 5.40. The molecule has 0 aromatic heterocycles. The van der Waals surface area contributed by atoms with E-state index < -0.39 is 16.7 Å². The molecule has 7 nitrogen and oxygen atoms in total. The minimum Gasteiger partial charge on any atom is -0.321 e. The molecule has 7 heteroatoms. The maximum Gasteiger partial charge on any atom is 0.272 e. The van der Waals surface area contributed by atoms with Crippen LogP contribution in [0.2, 0.25) is 0 Å². The van der Waals surface area contributed by atoms with Gasteiger partial charge in [0.1, 0.15) is 5.70 Å². The topological polar surface area (TPSA) is 101 Å². The SMILES string of the molecule is Cc1cc(C)cc(NC(=O)/C(=C/c2ccc([N+](=O)[O-])cc2)NC(=O)c2ccc(C(C)(C)C)cc2)c1. The third kappa shape index (κ3) is 6.86. The van der Waals surface area contributed by atoms with Crippen LogP contribution in [-0.4, -0.2) is 16.7 Å². The highest BCUT2D eigenvalue weighted by molar-refractivity contribution is 6.10. The average Bonchev–Trinajstić information content (AvgIpc) is 2.77. The van der Waals surface area contributed by atoms with Crippen molar-refractivity contribution in [2.24, 2.45) is 0 Å². The number of anilines is 1. The highest BCUT2D eigenvalue weighted by atomic mass is 16.6. The lowest BCUT2D eigenvalue weighted by Crippen LogP contribution is -2.30. The summed E-state index contributed by atoms with van der Waals surface area (Å²) in [5, 5.41) is 16.5. The molecule has 0 radical (unpaired) electrons. The summed E-state index contributed by atoms with van der Waals surface area (Å²) in [5.74, 6) is -0.942. The van der Waals surface area contributed by atoms with Crippen LogP contribution >= 0.6 is 0 Å². The van der Waals surface area contributed by atoms with Gasteiger partial charge in [-0.1, -0.05) is 39.0 Å². The van der Waals surface area contributed by atoms with Gasteiger partial charge in [-0.15, -0.1) is 0 Å². The molecule has 180 valence electrons. The van der Waals surface area contributed by atoms with Gasteiger partial charge >= 0.3 is 0 Å². The lowest BCUT2D eigenvalue weighted by atomic mass is 9.87. The first-order valence-electron chi connectivity index (χ1n) is 11.2. The van der Waals surface area contributed by atoms with Crippen molar-refractivity contribution in [1.82, 2.24) is 5.32 Å². The van der Waals surface area contributed by atoms with Gasteiger partial charge in [0.2, 0.25) is 0 Å². The number of aryl methyl sites for hydroxylation is 2. The molecule has 0 heterocycles. The monoisotopic (exact) mass is 471 g/mol. The predicted octanol–water partition coefficient (Wildman–Crippen LogP) is 5.92. The summed E-state index contributed by atoms with van der Waals surface area (Å²) in [5.41, 5.74) is 4.51. The van der Waals surface area contributed by atoms with Gasteiger partial charge < -0.3 is 10.6 Å². The number of nitro benzene ring substituents is 1. The summed E-state index contributed by atoms with van der Waals surface area (Å²) in [6.45, 7) is 10.1. The van der Waals surface area contributed by atoms with Gasteiger partial charge in [0.25, 0.3) is 17.5 Å². The van der Waals surface area contributed by atoms with E-state index in [0.29, 0.717) is 16.8 Å². The Hall–Kier alpha value is -4.26. The van der Waals surface area contributed by atoms with Crippen LogP contribution in [0, 0.1) is 24.0 Å². The average molecular weight is 472 g/mol. The molecule has 3 aromatic rings. The van der Waals surface area contributed by atoms with Gasteiger partial charge in [0, 0.05) is 23.4 Å². The van der Waals surface area contributed by atoms with E-state index in [-0.39, 0.29) is 16.8 Å². The van der Waals surface area contributed by atoms with E-state index >= 15 is 0 Å². The van der Waals surface area contributed by atoms with E-state index in [1.54, 1.807) is 12.1 Å². The molecule has 0 atom stereocenters. The molecule has 2 N–H and O–H groups in total. The van der Waals surface area contributed by atoms with Gasteiger partial charge in [0.15, 0.2) is 0 Å². The van der Waals surface area contributed by atoms with Gasteiger partial charge in [0.05, 0.1) is 4.92 Å². The Balaban J connectivity index is 1.91. The fourth-order valence-corrected chi connectivity index (χ4v) is 3.58. The largest absolute Gasteiger partial charge is 0.321 e. The van der Waals surface area contributed by atoms with Crippen LogP contribution < -0.4 is 10.6 Å². The number of carbonyl (C=O) groups is 2. The number of hydrogen-bond acceptors (Lipinski definition) is 4. The molecule has 0 bridgehead atoms. The quantitative estimate of drug-likeness (QED) is 0.265. The summed E-state index contributed by atoms with van der Waals surface area (Å²) in [7, 11) is 0. The van der Waals surface area contributed by atoms with Crippen LogP contribution in [0.4, 0.5) is 11.4 Å². The Kier molecular flexibility index (Phi) is 7.49. The predicted molar refractivity (Wildman–Crippen MR) is 138 cm³/mol. The normalized spacial score (nSPS) is 11.6. The molecule has 0 saturated carbocycles. The first kappa shape index (κ1) is 25.4. The molecule has 35 heavy (non-hydrogen) atoms. The molecule has 3 rings (SSSR count). The maximum absolute atomic E-state index is 13.2. The molecular weight excluding hydrogens is 442 g/mol. The third-order valence-electron chi connectivity index (χ3n) is 5.40. The lowest BCUT2D eigenvalue weighted by Gasteiger charge is -2.19. The van der Waals surface area contributed by atoms with Crippen molar-refractivity contribution < 1.29 is 14.5 Å². The molecule has 2 amide bonds.